The Bertz CT molecular complexity index is 1000. The number of amides is 1. The minimum absolute atomic E-state index is 0.222. The lowest BCUT2D eigenvalue weighted by Gasteiger charge is -2.05. The Kier molecular flexibility index (Phi) is 2.83. The highest BCUT2D eigenvalue weighted by molar-refractivity contribution is 7.00. The highest BCUT2D eigenvalue weighted by Gasteiger charge is 2.10. The summed E-state index contributed by atoms with van der Waals surface area (Å²) in [6.07, 6.45) is 3.34. The number of carbonyl (C=O) groups excluding carboxylic acids is 1. The van der Waals surface area contributed by atoms with Crippen molar-refractivity contribution in [3.05, 3.63) is 47.9 Å². The van der Waals surface area contributed by atoms with Gasteiger partial charge in [0.25, 0.3) is 5.91 Å². The lowest BCUT2D eigenvalue weighted by atomic mass is 10.2. The minimum Gasteiger partial charge on any atom is -0.319 e. The molecule has 0 aliphatic rings. The van der Waals surface area contributed by atoms with Crippen molar-refractivity contribution in [1.82, 2.24) is 23.3 Å². The molecule has 108 valence electrons. The Morgan fingerprint density at radius 1 is 1.23 bits per heavy atom. The molecular weight excluding hydrogens is 300 g/mol. The van der Waals surface area contributed by atoms with Gasteiger partial charge in [-0.1, -0.05) is 0 Å². The molecule has 0 saturated heterocycles. The van der Waals surface area contributed by atoms with Crippen LogP contribution in [0, 0.1) is 6.92 Å². The molecule has 1 amide bonds. The molecular formula is C14H10N6OS. The predicted octanol–water partition coefficient (Wildman–Crippen LogP) is 2.29. The van der Waals surface area contributed by atoms with Gasteiger partial charge in [-0.3, -0.25) is 4.79 Å². The van der Waals surface area contributed by atoms with Crippen LogP contribution in [0.3, 0.4) is 0 Å². The molecule has 0 saturated carbocycles. The van der Waals surface area contributed by atoms with E-state index in [4.69, 9.17) is 0 Å². The van der Waals surface area contributed by atoms with E-state index in [0.29, 0.717) is 16.8 Å². The molecule has 0 aliphatic carbocycles. The van der Waals surface area contributed by atoms with E-state index in [-0.39, 0.29) is 5.91 Å². The first-order valence-corrected chi connectivity index (χ1v) is 7.28. The van der Waals surface area contributed by atoms with Gasteiger partial charge in [0.05, 0.1) is 35.5 Å². The molecule has 4 rings (SSSR count). The van der Waals surface area contributed by atoms with E-state index in [9.17, 15) is 4.79 Å². The Morgan fingerprint density at radius 3 is 3.00 bits per heavy atom. The monoisotopic (exact) mass is 310 g/mol. The van der Waals surface area contributed by atoms with E-state index in [0.717, 1.165) is 28.6 Å². The highest BCUT2D eigenvalue weighted by Crippen LogP contribution is 2.15. The van der Waals surface area contributed by atoms with Crippen LogP contribution < -0.4 is 5.32 Å². The summed E-state index contributed by atoms with van der Waals surface area (Å²) in [4.78, 5) is 16.6. The number of hydrogen-bond donors (Lipinski definition) is 1. The van der Waals surface area contributed by atoms with Gasteiger partial charge in [-0.2, -0.15) is 13.8 Å². The lowest BCUT2D eigenvalue weighted by molar-refractivity contribution is 0.102. The van der Waals surface area contributed by atoms with E-state index in [1.54, 1.807) is 35.1 Å². The molecule has 0 bridgehead atoms. The molecule has 0 unspecified atom stereocenters. The van der Waals surface area contributed by atoms with E-state index in [1.165, 1.54) is 0 Å². The van der Waals surface area contributed by atoms with Gasteiger partial charge in [-0.05, 0) is 25.1 Å². The average Bonchev–Trinajstić information content (AvgIpc) is 3.10. The van der Waals surface area contributed by atoms with E-state index in [1.807, 2.05) is 13.0 Å². The number of nitrogens with one attached hydrogen (secondary N) is 1. The van der Waals surface area contributed by atoms with Gasteiger partial charge < -0.3 is 5.32 Å². The largest absolute Gasteiger partial charge is 0.319 e. The molecule has 0 atom stereocenters. The summed E-state index contributed by atoms with van der Waals surface area (Å²) in [5.74, 6) is -0.222. The summed E-state index contributed by atoms with van der Waals surface area (Å²) < 4.78 is 9.89. The maximum Gasteiger partial charge on any atom is 0.255 e. The molecule has 1 N–H and O–H groups in total. The molecule has 8 heteroatoms. The third-order valence-corrected chi connectivity index (χ3v) is 3.77. The van der Waals surface area contributed by atoms with E-state index < -0.39 is 0 Å². The van der Waals surface area contributed by atoms with Crippen molar-refractivity contribution in [1.29, 1.82) is 0 Å². The molecule has 22 heavy (non-hydrogen) atoms. The van der Waals surface area contributed by atoms with Crippen molar-refractivity contribution in [3.63, 3.8) is 0 Å². The number of carbonyl (C=O) groups is 1. The van der Waals surface area contributed by atoms with Crippen LogP contribution >= 0.6 is 11.7 Å². The van der Waals surface area contributed by atoms with Crippen molar-refractivity contribution >= 4 is 40.0 Å². The summed E-state index contributed by atoms with van der Waals surface area (Å²) in [6, 6.07) is 7.10. The first-order valence-electron chi connectivity index (χ1n) is 6.55. The average molecular weight is 310 g/mol. The van der Waals surface area contributed by atoms with Gasteiger partial charge in [0.15, 0.2) is 5.65 Å². The normalized spacial score (nSPS) is 11.1. The van der Waals surface area contributed by atoms with Crippen molar-refractivity contribution in [3.8, 4) is 0 Å². The van der Waals surface area contributed by atoms with Crippen LogP contribution in [0.15, 0.2) is 36.7 Å². The van der Waals surface area contributed by atoms with Crippen molar-refractivity contribution in [2.75, 3.05) is 5.32 Å². The maximum absolute atomic E-state index is 12.3. The number of rotatable bonds is 2. The fourth-order valence-electron chi connectivity index (χ4n) is 2.19. The second kappa shape index (κ2) is 4.85. The first kappa shape index (κ1) is 12.8. The zero-order valence-corrected chi connectivity index (χ0v) is 12.3. The summed E-state index contributed by atoms with van der Waals surface area (Å²) in [6.45, 7) is 1.89. The smallest absolute Gasteiger partial charge is 0.255 e. The second-order valence-corrected chi connectivity index (χ2v) is 5.38. The third-order valence-electron chi connectivity index (χ3n) is 3.21. The molecule has 3 aromatic heterocycles. The number of aromatic nitrogens is 5. The van der Waals surface area contributed by atoms with Crippen molar-refractivity contribution in [2.45, 2.75) is 6.92 Å². The van der Waals surface area contributed by atoms with Crippen LogP contribution in [0.2, 0.25) is 0 Å². The fourth-order valence-corrected chi connectivity index (χ4v) is 2.70. The number of fused-ring (bicyclic) bond motifs is 2. The Morgan fingerprint density at radius 2 is 2.09 bits per heavy atom. The van der Waals surface area contributed by atoms with Crippen molar-refractivity contribution in [2.24, 2.45) is 0 Å². The Hall–Kier alpha value is -2.87. The quantitative estimate of drug-likeness (QED) is 0.614. The molecule has 1 aromatic carbocycles. The van der Waals surface area contributed by atoms with Crippen LogP contribution in [0.1, 0.15) is 16.1 Å². The summed E-state index contributed by atoms with van der Waals surface area (Å²) >= 11 is 1.13. The van der Waals surface area contributed by atoms with E-state index in [2.05, 4.69) is 24.1 Å². The Balaban J connectivity index is 1.64. The standard InChI is InChI=1S/C14H10N6OS/c1-8-4-13-15-6-10(7-20(13)17-8)16-14(21)9-2-3-11-12(5-9)19-22-18-11/h2-7H,1H3,(H,16,21). The van der Waals surface area contributed by atoms with E-state index >= 15 is 0 Å². The van der Waals surface area contributed by atoms with Crippen molar-refractivity contribution < 1.29 is 4.79 Å². The predicted molar refractivity (Wildman–Crippen MR) is 83.1 cm³/mol. The summed E-state index contributed by atoms with van der Waals surface area (Å²) in [7, 11) is 0. The molecule has 4 aromatic rings. The fraction of sp³-hybridized carbons (Fsp3) is 0.0714. The molecule has 7 nitrogen and oxygen atoms in total. The molecule has 0 fully saturated rings. The number of hydrogen-bond acceptors (Lipinski definition) is 6. The number of nitrogens with zero attached hydrogens (tertiary/aromatic N) is 5. The minimum atomic E-state index is -0.222. The first-order chi connectivity index (χ1) is 10.7. The molecule has 0 spiro atoms. The molecule has 3 heterocycles. The highest BCUT2D eigenvalue weighted by atomic mass is 32.1. The van der Waals surface area contributed by atoms with Crippen LogP contribution in [0.25, 0.3) is 16.7 Å². The van der Waals surface area contributed by atoms with Crippen LogP contribution in [0.4, 0.5) is 5.69 Å². The maximum atomic E-state index is 12.3. The number of aryl methyl sites for hydroxylation is 1. The van der Waals surface area contributed by atoms with Crippen LogP contribution in [-0.2, 0) is 0 Å². The summed E-state index contributed by atoms with van der Waals surface area (Å²) in [5.41, 5.74) is 4.22. The summed E-state index contributed by atoms with van der Waals surface area (Å²) in [5, 5.41) is 7.08. The van der Waals surface area contributed by atoms with Crippen LogP contribution in [-0.4, -0.2) is 29.3 Å². The molecule has 0 aliphatic heterocycles. The van der Waals surface area contributed by atoms with Gasteiger partial charge in [-0.25, -0.2) is 9.50 Å². The van der Waals surface area contributed by atoms with Gasteiger partial charge in [0, 0.05) is 11.6 Å². The van der Waals surface area contributed by atoms with Gasteiger partial charge in [0.2, 0.25) is 0 Å². The van der Waals surface area contributed by atoms with Crippen LogP contribution in [0.5, 0.6) is 0 Å². The number of anilines is 1. The zero-order chi connectivity index (χ0) is 15.1. The lowest BCUT2D eigenvalue weighted by Crippen LogP contribution is -2.12. The number of benzene rings is 1. The topological polar surface area (TPSA) is 85.1 Å². The SMILES string of the molecule is Cc1cc2ncc(NC(=O)c3ccc4nsnc4c3)cn2n1. The van der Waals surface area contributed by atoms with Gasteiger partial charge >= 0.3 is 0 Å². The second-order valence-electron chi connectivity index (χ2n) is 4.85. The Labute approximate surface area is 128 Å². The van der Waals surface area contributed by atoms with Gasteiger partial charge in [0.1, 0.15) is 11.0 Å². The zero-order valence-electron chi connectivity index (χ0n) is 11.5. The third kappa shape index (κ3) is 2.19. The van der Waals surface area contributed by atoms with Gasteiger partial charge in [-0.15, -0.1) is 0 Å². The molecule has 0 radical (unpaired) electrons.